The molecule has 0 unspecified atom stereocenters. The van der Waals surface area contributed by atoms with Gasteiger partial charge in [0.25, 0.3) is 0 Å². The Morgan fingerprint density at radius 2 is 1.97 bits per heavy atom. The topological polar surface area (TPSA) is 55.5 Å². The summed E-state index contributed by atoms with van der Waals surface area (Å²) in [6.45, 7) is 3.01. The number of methoxy groups -OCH3 is 1. The second-order valence-corrected chi connectivity index (χ2v) is 7.85. The van der Waals surface area contributed by atoms with Crippen LogP contribution in [0.25, 0.3) is 16.8 Å². The van der Waals surface area contributed by atoms with Crippen molar-refractivity contribution in [3.8, 4) is 16.9 Å². The lowest BCUT2D eigenvalue weighted by Crippen LogP contribution is -2.34. The van der Waals surface area contributed by atoms with Gasteiger partial charge in [-0.1, -0.05) is 12.1 Å². The number of aromatic nitrogens is 4. The van der Waals surface area contributed by atoms with Gasteiger partial charge in [-0.3, -0.25) is 9.88 Å². The van der Waals surface area contributed by atoms with Gasteiger partial charge >= 0.3 is 0 Å². The van der Waals surface area contributed by atoms with Crippen LogP contribution in [0.15, 0.2) is 67.1 Å². The molecule has 1 atom stereocenters. The molecule has 1 aliphatic heterocycles. The normalized spacial score (nSPS) is 17.3. The van der Waals surface area contributed by atoms with Gasteiger partial charge in [-0.2, -0.15) is 5.10 Å². The van der Waals surface area contributed by atoms with E-state index in [9.17, 15) is 0 Å². The molecule has 1 aliphatic rings. The van der Waals surface area contributed by atoms with Crippen LogP contribution in [0.4, 0.5) is 0 Å². The molecule has 0 saturated carbocycles. The number of hydrogen-bond donors (Lipinski definition) is 0. The highest BCUT2D eigenvalue weighted by Gasteiger charge is 2.25. The zero-order chi connectivity index (χ0) is 20.3. The summed E-state index contributed by atoms with van der Waals surface area (Å²) in [7, 11) is 1.71. The zero-order valence-corrected chi connectivity index (χ0v) is 17.1. The van der Waals surface area contributed by atoms with Gasteiger partial charge in [0.05, 0.1) is 7.11 Å². The van der Waals surface area contributed by atoms with Crippen LogP contribution in [0.5, 0.6) is 5.75 Å². The SMILES string of the molecule is COc1cccc(CN2CCC[C@H](c3nc4ccc(-c5ccncc5)cn4n3)C2)c1. The quantitative estimate of drug-likeness (QED) is 0.504. The Morgan fingerprint density at radius 3 is 2.83 bits per heavy atom. The highest BCUT2D eigenvalue weighted by molar-refractivity contribution is 5.63. The molecule has 5 rings (SSSR count). The number of hydrogen-bond acceptors (Lipinski definition) is 5. The van der Waals surface area contributed by atoms with E-state index in [0.29, 0.717) is 5.92 Å². The molecule has 0 N–H and O–H groups in total. The van der Waals surface area contributed by atoms with Gasteiger partial charge in [-0.15, -0.1) is 0 Å². The Labute approximate surface area is 176 Å². The number of pyridine rings is 2. The number of nitrogens with zero attached hydrogens (tertiary/aromatic N) is 5. The summed E-state index contributed by atoms with van der Waals surface area (Å²) in [6.07, 6.45) is 7.96. The molecule has 0 radical (unpaired) electrons. The number of piperidine rings is 1. The van der Waals surface area contributed by atoms with Gasteiger partial charge in [-0.25, -0.2) is 9.50 Å². The first kappa shape index (κ1) is 18.8. The lowest BCUT2D eigenvalue weighted by molar-refractivity contribution is 0.196. The van der Waals surface area contributed by atoms with E-state index in [1.165, 1.54) is 5.56 Å². The number of rotatable bonds is 5. The van der Waals surface area contributed by atoms with Crippen LogP contribution in [0.3, 0.4) is 0 Å². The first-order valence-corrected chi connectivity index (χ1v) is 10.4. The molecule has 6 nitrogen and oxygen atoms in total. The van der Waals surface area contributed by atoms with Crippen LogP contribution in [-0.4, -0.2) is 44.7 Å². The molecule has 0 bridgehead atoms. The Morgan fingerprint density at radius 1 is 1.07 bits per heavy atom. The molecule has 3 aromatic heterocycles. The average Bonchev–Trinajstić information content (AvgIpc) is 3.23. The van der Waals surface area contributed by atoms with Crippen molar-refractivity contribution in [3.63, 3.8) is 0 Å². The Kier molecular flexibility index (Phi) is 5.15. The minimum Gasteiger partial charge on any atom is -0.497 e. The van der Waals surface area contributed by atoms with E-state index < -0.39 is 0 Å². The molecule has 6 heteroatoms. The van der Waals surface area contributed by atoms with E-state index in [0.717, 1.165) is 60.8 Å². The van der Waals surface area contributed by atoms with Crippen molar-refractivity contribution in [2.24, 2.45) is 0 Å². The third-order valence-corrected chi connectivity index (χ3v) is 5.77. The number of fused-ring (bicyclic) bond motifs is 1. The number of likely N-dealkylation sites (tertiary alicyclic amines) is 1. The van der Waals surface area contributed by atoms with Gasteiger partial charge in [0, 0.05) is 43.2 Å². The summed E-state index contributed by atoms with van der Waals surface area (Å²) in [5.74, 6) is 2.21. The number of benzene rings is 1. The summed E-state index contributed by atoms with van der Waals surface area (Å²) in [4.78, 5) is 11.4. The summed E-state index contributed by atoms with van der Waals surface area (Å²) in [5, 5.41) is 4.83. The van der Waals surface area contributed by atoms with Crippen LogP contribution in [0.2, 0.25) is 0 Å². The van der Waals surface area contributed by atoms with Gasteiger partial charge in [0.1, 0.15) is 5.75 Å². The summed E-state index contributed by atoms with van der Waals surface area (Å²) >= 11 is 0. The van der Waals surface area contributed by atoms with E-state index in [4.69, 9.17) is 14.8 Å². The fourth-order valence-corrected chi connectivity index (χ4v) is 4.23. The molecule has 1 fully saturated rings. The standard InChI is InChI=1S/C24H25N5O/c1-30-22-6-2-4-18(14-22)15-28-13-3-5-21(16-28)24-26-23-8-7-20(17-29(23)27-24)19-9-11-25-12-10-19/h2,4,6-12,14,17,21H,3,5,13,15-16H2,1H3/t21-/m0/s1. The second kappa shape index (κ2) is 8.24. The summed E-state index contributed by atoms with van der Waals surface area (Å²) < 4.78 is 7.27. The molecule has 152 valence electrons. The number of ether oxygens (including phenoxy) is 1. The smallest absolute Gasteiger partial charge is 0.156 e. The molecule has 0 aliphatic carbocycles. The maximum atomic E-state index is 5.36. The molecular formula is C24H25N5O. The van der Waals surface area contributed by atoms with E-state index in [1.54, 1.807) is 7.11 Å². The predicted octanol–water partition coefficient (Wildman–Crippen LogP) is 4.18. The Balaban J connectivity index is 1.34. The summed E-state index contributed by atoms with van der Waals surface area (Å²) in [6, 6.07) is 16.5. The lowest BCUT2D eigenvalue weighted by Gasteiger charge is -2.31. The average molecular weight is 399 g/mol. The largest absolute Gasteiger partial charge is 0.497 e. The van der Waals surface area contributed by atoms with Crippen LogP contribution in [0, 0.1) is 0 Å². The Bertz CT molecular complexity index is 1140. The van der Waals surface area contributed by atoms with Crippen LogP contribution in [-0.2, 0) is 6.54 Å². The van der Waals surface area contributed by atoms with Gasteiger partial charge in [0.15, 0.2) is 11.5 Å². The molecule has 0 spiro atoms. The van der Waals surface area contributed by atoms with Crippen molar-refractivity contribution >= 4 is 5.65 Å². The zero-order valence-electron chi connectivity index (χ0n) is 17.1. The van der Waals surface area contributed by atoms with Crippen molar-refractivity contribution in [1.29, 1.82) is 0 Å². The molecule has 30 heavy (non-hydrogen) atoms. The fourth-order valence-electron chi connectivity index (χ4n) is 4.23. The molecule has 4 aromatic rings. The minimum absolute atomic E-state index is 0.355. The van der Waals surface area contributed by atoms with Crippen LogP contribution in [0.1, 0.15) is 30.1 Å². The highest BCUT2D eigenvalue weighted by Crippen LogP contribution is 2.27. The molecule has 0 amide bonds. The monoisotopic (exact) mass is 399 g/mol. The first-order valence-electron chi connectivity index (χ1n) is 10.4. The fraction of sp³-hybridized carbons (Fsp3) is 0.292. The second-order valence-electron chi connectivity index (χ2n) is 7.85. The van der Waals surface area contributed by atoms with Crippen molar-refractivity contribution in [2.75, 3.05) is 20.2 Å². The van der Waals surface area contributed by atoms with E-state index in [2.05, 4.69) is 40.3 Å². The van der Waals surface area contributed by atoms with Gasteiger partial charge < -0.3 is 4.74 Å². The van der Waals surface area contributed by atoms with Crippen molar-refractivity contribution in [1.82, 2.24) is 24.5 Å². The van der Waals surface area contributed by atoms with E-state index in [-0.39, 0.29) is 0 Å². The third kappa shape index (κ3) is 3.91. The van der Waals surface area contributed by atoms with Crippen LogP contribution < -0.4 is 4.74 Å². The van der Waals surface area contributed by atoms with Crippen molar-refractivity contribution < 1.29 is 4.74 Å². The molecular weight excluding hydrogens is 374 g/mol. The third-order valence-electron chi connectivity index (χ3n) is 5.77. The maximum Gasteiger partial charge on any atom is 0.156 e. The minimum atomic E-state index is 0.355. The molecule has 1 saturated heterocycles. The molecule has 1 aromatic carbocycles. The van der Waals surface area contributed by atoms with E-state index in [1.807, 2.05) is 41.2 Å². The first-order chi connectivity index (χ1) is 14.8. The highest BCUT2D eigenvalue weighted by atomic mass is 16.5. The lowest BCUT2D eigenvalue weighted by atomic mass is 9.97. The molecule has 4 heterocycles. The van der Waals surface area contributed by atoms with Crippen LogP contribution >= 0.6 is 0 Å². The summed E-state index contributed by atoms with van der Waals surface area (Å²) in [5.41, 5.74) is 4.42. The van der Waals surface area contributed by atoms with E-state index >= 15 is 0 Å². The predicted molar refractivity (Wildman–Crippen MR) is 116 cm³/mol. The van der Waals surface area contributed by atoms with Crippen molar-refractivity contribution in [2.45, 2.75) is 25.3 Å². The van der Waals surface area contributed by atoms with Crippen molar-refractivity contribution in [3.05, 3.63) is 78.5 Å². The Hall–Kier alpha value is -3.25. The van der Waals surface area contributed by atoms with Gasteiger partial charge in [-0.05, 0) is 66.9 Å². The maximum absolute atomic E-state index is 5.36. The van der Waals surface area contributed by atoms with Gasteiger partial charge in [0.2, 0.25) is 0 Å².